The molecule has 0 atom stereocenters. The van der Waals surface area contributed by atoms with Crippen molar-refractivity contribution in [2.45, 2.75) is 6.92 Å². The lowest BCUT2D eigenvalue weighted by Crippen LogP contribution is -2.21. The number of amides is 1. The highest BCUT2D eigenvalue weighted by atomic mass is 79.9. The number of carbonyl (C=O) groups is 2. The lowest BCUT2D eigenvalue weighted by atomic mass is 10.0. The molecule has 8 heteroatoms. The molecule has 1 aromatic heterocycles. The smallest absolute Gasteiger partial charge is 0.341 e. The number of nitrogens with one attached hydrogen (secondary N) is 1. The molecule has 3 aromatic rings. The van der Waals surface area contributed by atoms with Crippen LogP contribution >= 0.6 is 38.9 Å². The quantitative estimate of drug-likeness (QED) is 0.408. The maximum absolute atomic E-state index is 12.6. The second kappa shape index (κ2) is 9.91. The second-order valence-corrected chi connectivity index (χ2v) is 8.11. The van der Waals surface area contributed by atoms with Crippen molar-refractivity contribution >= 4 is 55.7 Å². The number of hydrogen-bond donors (Lipinski definition) is 1. The van der Waals surface area contributed by atoms with E-state index in [4.69, 9.17) is 21.1 Å². The Balaban J connectivity index is 1.79. The van der Waals surface area contributed by atoms with Crippen LogP contribution in [0.15, 0.2) is 58.4 Å². The van der Waals surface area contributed by atoms with Gasteiger partial charge in [-0.2, -0.15) is 0 Å². The van der Waals surface area contributed by atoms with Crippen molar-refractivity contribution in [3.8, 4) is 16.9 Å². The van der Waals surface area contributed by atoms with Gasteiger partial charge in [-0.15, -0.1) is 11.3 Å². The van der Waals surface area contributed by atoms with Crippen LogP contribution in [-0.4, -0.2) is 25.1 Å². The van der Waals surface area contributed by atoms with Crippen molar-refractivity contribution < 1.29 is 19.1 Å². The van der Waals surface area contributed by atoms with Crippen molar-refractivity contribution in [3.63, 3.8) is 0 Å². The van der Waals surface area contributed by atoms with E-state index in [-0.39, 0.29) is 19.1 Å². The van der Waals surface area contributed by atoms with Crippen LogP contribution in [0, 0.1) is 0 Å². The van der Waals surface area contributed by atoms with Gasteiger partial charge in [-0.3, -0.25) is 4.79 Å². The van der Waals surface area contributed by atoms with E-state index >= 15 is 0 Å². The van der Waals surface area contributed by atoms with Crippen LogP contribution in [0.2, 0.25) is 5.02 Å². The van der Waals surface area contributed by atoms with Gasteiger partial charge in [0.05, 0.1) is 6.61 Å². The molecule has 1 N–H and O–H groups in total. The molecule has 5 nitrogen and oxygen atoms in total. The summed E-state index contributed by atoms with van der Waals surface area (Å²) in [5.41, 5.74) is 1.79. The molecule has 2 aromatic carbocycles. The number of rotatable bonds is 7. The highest BCUT2D eigenvalue weighted by Crippen LogP contribution is 2.36. The van der Waals surface area contributed by atoms with Gasteiger partial charge in [0.1, 0.15) is 16.3 Å². The van der Waals surface area contributed by atoms with Crippen molar-refractivity contribution in [3.05, 3.63) is 69.0 Å². The average Bonchev–Trinajstić information content (AvgIpc) is 3.11. The number of anilines is 1. The summed E-state index contributed by atoms with van der Waals surface area (Å²) in [6.07, 6.45) is 0. The number of benzene rings is 2. The Kier molecular flexibility index (Phi) is 7.30. The fourth-order valence-corrected chi connectivity index (χ4v) is 4.04. The van der Waals surface area contributed by atoms with Crippen molar-refractivity contribution in [1.82, 2.24) is 0 Å². The molecular formula is C21H17BrClNO4S. The molecule has 0 aliphatic heterocycles. The summed E-state index contributed by atoms with van der Waals surface area (Å²) in [6, 6.07) is 14.3. The van der Waals surface area contributed by atoms with Gasteiger partial charge in [-0.1, -0.05) is 45.7 Å². The first-order valence-electron chi connectivity index (χ1n) is 8.70. The second-order valence-electron chi connectivity index (χ2n) is 5.88. The molecule has 0 aliphatic carbocycles. The molecule has 1 heterocycles. The number of carbonyl (C=O) groups excluding carboxylic acids is 2. The Bertz CT molecular complexity index is 1020. The van der Waals surface area contributed by atoms with E-state index in [1.54, 1.807) is 36.6 Å². The van der Waals surface area contributed by atoms with E-state index in [1.165, 1.54) is 11.3 Å². The first-order chi connectivity index (χ1) is 14.0. The SMILES string of the molecule is CCOC(=O)c1c(-c2ccc(Cl)cc2)csc1NC(=O)COc1cccc(Br)c1. The Morgan fingerprint density at radius 3 is 2.62 bits per heavy atom. The molecule has 150 valence electrons. The zero-order valence-electron chi connectivity index (χ0n) is 15.4. The summed E-state index contributed by atoms with van der Waals surface area (Å²) >= 11 is 10.6. The van der Waals surface area contributed by atoms with Gasteiger partial charge < -0.3 is 14.8 Å². The third-order valence-electron chi connectivity index (χ3n) is 3.84. The summed E-state index contributed by atoms with van der Waals surface area (Å²) < 4.78 is 11.5. The lowest BCUT2D eigenvalue weighted by Gasteiger charge is -2.10. The molecule has 0 radical (unpaired) electrons. The van der Waals surface area contributed by atoms with Crippen LogP contribution in [0.3, 0.4) is 0 Å². The summed E-state index contributed by atoms with van der Waals surface area (Å²) in [7, 11) is 0. The fourth-order valence-electron chi connectivity index (χ4n) is 2.57. The van der Waals surface area contributed by atoms with Crippen molar-refractivity contribution in [2.24, 2.45) is 0 Å². The highest BCUT2D eigenvalue weighted by molar-refractivity contribution is 9.10. The number of esters is 1. The Labute approximate surface area is 185 Å². The molecular weight excluding hydrogens is 478 g/mol. The van der Waals surface area contributed by atoms with E-state index < -0.39 is 5.97 Å². The standard InChI is InChI=1S/C21H17BrClNO4S/c1-2-27-21(26)19-17(13-6-8-15(23)9-7-13)12-29-20(19)24-18(25)11-28-16-5-3-4-14(22)10-16/h3-10,12H,2,11H2,1H3,(H,24,25). The van der Waals surface area contributed by atoms with Crippen LogP contribution in [0.5, 0.6) is 5.75 Å². The van der Waals surface area contributed by atoms with Crippen LogP contribution in [0.4, 0.5) is 5.00 Å². The van der Waals surface area contributed by atoms with Gasteiger partial charge in [0.15, 0.2) is 6.61 Å². The van der Waals surface area contributed by atoms with Crippen molar-refractivity contribution in [1.29, 1.82) is 0 Å². The minimum absolute atomic E-state index is 0.188. The molecule has 0 spiro atoms. The van der Waals surface area contributed by atoms with Crippen molar-refractivity contribution in [2.75, 3.05) is 18.5 Å². The number of thiophene rings is 1. The van der Waals surface area contributed by atoms with Crippen LogP contribution in [0.25, 0.3) is 11.1 Å². The summed E-state index contributed by atoms with van der Waals surface area (Å²) in [6.45, 7) is 1.78. The predicted molar refractivity (Wildman–Crippen MR) is 119 cm³/mol. The topological polar surface area (TPSA) is 64.6 Å². The van der Waals surface area contributed by atoms with Gasteiger partial charge in [0.2, 0.25) is 0 Å². The molecule has 0 unspecified atom stereocenters. The van der Waals surface area contributed by atoms with E-state index in [2.05, 4.69) is 21.2 Å². The first kappa shape index (κ1) is 21.4. The van der Waals surface area contributed by atoms with E-state index in [0.29, 0.717) is 26.9 Å². The normalized spacial score (nSPS) is 10.4. The highest BCUT2D eigenvalue weighted by Gasteiger charge is 2.23. The van der Waals surface area contributed by atoms with Gasteiger partial charge in [-0.05, 0) is 42.8 Å². The zero-order valence-corrected chi connectivity index (χ0v) is 18.6. The summed E-state index contributed by atoms with van der Waals surface area (Å²) in [5.74, 6) is -0.310. The van der Waals surface area contributed by atoms with Crippen LogP contribution in [0.1, 0.15) is 17.3 Å². The maximum atomic E-state index is 12.6. The lowest BCUT2D eigenvalue weighted by molar-refractivity contribution is -0.118. The average molecular weight is 495 g/mol. The minimum atomic E-state index is -0.498. The third-order valence-corrected chi connectivity index (χ3v) is 5.49. The molecule has 0 saturated carbocycles. The van der Waals surface area contributed by atoms with Crippen LogP contribution < -0.4 is 10.1 Å². The number of halogens is 2. The summed E-state index contributed by atoms with van der Waals surface area (Å²) in [4.78, 5) is 24.9. The minimum Gasteiger partial charge on any atom is -0.484 e. The molecule has 1 amide bonds. The van der Waals surface area contributed by atoms with Gasteiger partial charge in [0.25, 0.3) is 5.91 Å². The number of hydrogen-bond acceptors (Lipinski definition) is 5. The third kappa shape index (κ3) is 5.59. The van der Waals surface area contributed by atoms with Gasteiger partial charge in [-0.25, -0.2) is 4.79 Å². The van der Waals surface area contributed by atoms with Crippen LogP contribution in [-0.2, 0) is 9.53 Å². The molecule has 0 saturated heterocycles. The maximum Gasteiger partial charge on any atom is 0.341 e. The predicted octanol–water partition coefficient (Wildman–Crippen LogP) is 6.03. The Morgan fingerprint density at radius 1 is 1.17 bits per heavy atom. The molecule has 0 aliphatic rings. The van der Waals surface area contributed by atoms with E-state index in [9.17, 15) is 9.59 Å². The molecule has 0 bridgehead atoms. The zero-order chi connectivity index (χ0) is 20.8. The largest absolute Gasteiger partial charge is 0.484 e. The molecule has 0 fully saturated rings. The fraction of sp³-hybridized carbons (Fsp3) is 0.143. The van der Waals surface area contributed by atoms with Gasteiger partial charge >= 0.3 is 5.97 Å². The van der Waals surface area contributed by atoms with Gasteiger partial charge in [0, 0.05) is 20.4 Å². The monoisotopic (exact) mass is 493 g/mol. The first-order valence-corrected chi connectivity index (χ1v) is 10.8. The van der Waals surface area contributed by atoms with E-state index in [1.807, 2.05) is 24.3 Å². The molecule has 29 heavy (non-hydrogen) atoms. The summed E-state index contributed by atoms with van der Waals surface area (Å²) in [5, 5.41) is 5.57. The molecule has 3 rings (SSSR count). The Hall–Kier alpha value is -2.35. The van der Waals surface area contributed by atoms with E-state index in [0.717, 1.165) is 10.0 Å². The Morgan fingerprint density at radius 2 is 1.93 bits per heavy atom. The number of ether oxygens (including phenoxy) is 2.